The topological polar surface area (TPSA) is 58.4 Å². The van der Waals surface area contributed by atoms with Gasteiger partial charge in [0.05, 0.1) is 0 Å². The van der Waals surface area contributed by atoms with E-state index in [1.165, 1.54) is 18.7 Å². The maximum Gasteiger partial charge on any atom is 0.253 e. The minimum Gasteiger partial charge on any atom is -0.508 e. The number of likely N-dealkylation sites (tertiary alicyclic amines) is 1. The molecule has 2 heterocycles. The molecule has 5 nitrogen and oxygen atoms in total. The number of aromatic hydroxyl groups is 1. The first-order valence-electron chi connectivity index (χ1n) is 9.21. The van der Waals surface area contributed by atoms with Crippen molar-refractivity contribution < 1.29 is 9.90 Å². The molecule has 0 atom stereocenters. The number of phenolic OH excluding ortho intramolecular Hbond substituents is 1. The SMILES string of the molecule is Cc1cc(C(=O)N2CCC(c3nccn3CC3CC3)CC2)ccc1O. The van der Waals surface area contributed by atoms with Gasteiger partial charge in [0, 0.05) is 43.5 Å². The lowest BCUT2D eigenvalue weighted by molar-refractivity contribution is 0.0710. The average molecular weight is 339 g/mol. The number of amides is 1. The monoisotopic (exact) mass is 339 g/mol. The molecular formula is C20H25N3O2. The molecule has 1 aromatic carbocycles. The molecule has 25 heavy (non-hydrogen) atoms. The molecule has 2 aromatic rings. The Hall–Kier alpha value is -2.30. The molecule has 0 spiro atoms. The van der Waals surface area contributed by atoms with E-state index in [2.05, 4.69) is 15.7 Å². The maximum absolute atomic E-state index is 12.7. The van der Waals surface area contributed by atoms with Crippen molar-refractivity contribution in [3.63, 3.8) is 0 Å². The van der Waals surface area contributed by atoms with Crippen LogP contribution in [-0.2, 0) is 6.54 Å². The van der Waals surface area contributed by atoms with Crippen LogP contribution < -0.4 is 0 Å². The molecule has 0 bridgehead atoms. The van der Waals surface area contributed by atoms with Gasteiger partial charge in [-0.15, -0.1) is 0 Å². The second-order valence-corrected chi connectivity index (χ2v) is 7.45. The molecule has 1 aliphatic carbocycles. The summed E-state index contributed by atoms with van der Waals surface area (Å²) in [5.41, 5.74) is 1.40. The van der Waals surface area contributed by atoms with Crippen LogP contribution in [-0.4, -0.2) is 38.6 Å². The summed E-state index contributed by atoms with van der Waals surface area (Å²) in [6, 6.07) is 5.08. The normalized spacial score (nSPS) is 18.5. The van der Waals surface area contributed by atoms with E-state index in [0.717, 1.165) is 44.0 Å². The van der Waals surface area contributed by atoms with E-state index in [1.54, 1.807) is 18.2 Å². The number of benzene rings is 1. The molecule has 1 saturated heterocycles. The lowest BCUT2D eigenvalue weighted by Crippen LogP contribution is -2.38. The summed E-state index contributed by atoms with van der Waals surface area (Å²) in [5, 5.41) is 9.63. The molecule has 1 aromatic heterocycles. The highest BCUT2D eigenvalue weighted by Crippen LogP contribution is 2.33. The van der Waals surface area contributed by atoms with Gasteiger partial charge >= 0.3 is 0 Å². The number of imidazole rings is 1. The smallest absolute Gasteiger partial charge is 0.253 e. The van der Waals surface area contributed by atoms with Gasteiger partial charge in [-0.2, -0.15) is 0 Å². The van der Waals surface area contributed by atoms with Crippen molar-refractivity contribution in [1.29, 1.82) is 0 Å². The number of carbonyl (C=O) groups is 1. The standard InChI is InChI=1S/C20H25N3O2/c1-14-12-17(4-5-18(14)24)20(25)22-9-6-16(7-10-22)19-21-8-11-23(19)13-15-2-3-15/h4-5,8,11-12,15-16,24H,2-3,6-7,9-10,13H2,1H3. The molecule has 4 rings (SSSR count). The predicted molar refractivity (Wildman–Crippen MR) is 95.7 cm³/mol. The summed E-state index contributed by atoms with van der Waals surface area (Å²) in [6.45, 7) is 4.44. The zero-order valence-corrected chi connectivity index (χ0v) is 14.7. The number of nitrogens with zero attached hydrogens (tertiary/aromatic N) is 3. The molecule has 1 N–H and O–H groups in total. The third-order valence-corrected chi connectivity index (χ3v) is 5.49. The van der Waals surface area contributed by atoms with Gasteiger partial charge in [0.15, 0.2) is 0 Å². The van der Waals surface area contributed by atoms with Gasteiger partial charge < -0.3 is 14.6 Å². The first kappa shape index (κ1) is 16.2. The van der Waals surface area contributed by atoms with E-state index in [0.29, 0.717) is 11.5 Å². The van der Waals surface area contributed by atoms with Crippen LogP contribution >= 0.6 is 0 Å². The summed E-state index contributed by atoms with van der Waals surface area (Å²) in [6.07, 6.45) is 8.63. The fourth-order valence-electron chi connectivity index (χ4n) is 3.73. The zero-order valence-electron chi connectivity index (χ0n) is 14.7. The number of phenols is 1. The number of hydrogen-bond acceptors (Lipinski definition) is 3. The lowest BCUT2D eigenvalue weighted by Gasteiger charge is -2.32. The highest BCUT2D eigenvalue weighted by molar-refractivity contribution is 5.94. The summed E-state index contributed by atoms with van der Waals surface area (Å²) < 4.78 is 2.32. The number of rotatable bonds is 4. The summed E-state index contributed by atoms with van der Waals surface area (Å²) in [7, 11) is 0. The second-order valence-electron chi connectivity index (χ2n) is 7.45. The summed E-state index contributed by atoms with van der Waals surface area (Å²) in [4.78, 5) is 19.2. The highest BCUT2D eigenvalue weighted by atomic mass is 16.3. The number of hydrogen-bond donors (Lipinski definition) is 1. The predicted octanol–water partition coefficient (Wildman–Crippen LogP) is 3.33. The lowest BCUT2D eigenvalue weighted by atomic mass is 9.95. The van der Waals surface area contributed by atoms with Crippen LogP contribution in [0, 0.1) is 12.8 Å². The molecule has 2 fully saturated rings. The van der Waals surface area contributed by atoms with Crippen molar-refractivity contribution >= 4 is 5.91 Å². The van der Waals surface area contributed by atoms with Crippen molar-refractivity contribution in [2.24, 2.45) is 5.92 Å². The van der Waals surface area contributed by atoms with Crippen LogP contribution in [0.5, 0.6) is 5.75 Å². The Morgan fingerprint density at radius 2 is 2.00 bits per heavy atom. The summed E-state index contributed by atoms with van der Waals surface area (Å²) in [5.74, 6) is 2.77. The highest BCUT2D eigenvalue weighted by Gasteiger charge is 2.29. The Morgan fingerprint density at radius 3 is 2.68 bits per heavy atom. The Labute approximate surface area is 148 Å². The molecule has 1 amide bonds. The van der Waals surface area contributed by atoms with E-state index in [9.17, 15) is 9.90 Å². The number of carbonyl (C=O) groups excluding carboxylic acids is 1. The van der Waals surface area contributed by atoms with E-state index in [4.69, 9.17) is 0 Å². The van der Waals surface area contributed by atoms with Crippen molar-refractivity contribution in [2.45, 2.75) is 45.1 Å². The molecule has 1 saturated carbocycles. The van der Waals surface area contributed by atoms with Crippen LogP contribution in [0.25, 0.3) is 0 Å². The Balaban J connectivity index is 1.40. The molecule has 132 valence electrons. The van der Waals surface area contributed by atoms with Crippen LogP contribution in [0.15, 0.2) is 30.6 Å². The molecule has 0 radical (unpaired) electrons. The third-order valence-electron chi connectivity index (χ3n) is 5.49. The first-order chi connectivity index (χ1) is 12.1. The Kier molecular flexibility index (Phi) is 4.24. The van der Waals surface area contributed by atoms with Gasteiger partial charge in [-0.1, -0.05) is 0 Å². The van der Waals surface area contributed by atoms with Gasteiger partial charge in [-0.3, -0.25) is 4.79 Å². The Bertz CT molecular complexity index is 771. The van der Waals surface area contributed by atoms with Crippen molar-refractivity contribution in [1.82, 2.24) is 14.5 Å². The quantitative estimate of drug-likeness (QED) is 0.929. The summed E-state index contributed by atoms with van der Waals surface area (Å²) >= 11 is 0. The van der Waals surface area contributed by atoms with Crippen LogP contribution in [0.4, 0.5) is 0 Å². The van der Waals surface area contributed by atoms with Crippen LogP contribution in [0.2, 0.25) is 0 Å². The number of piperidine rings is 1. The molecule has 0 unspecified atom stereocenters. The van der Waals surface area contributed by atoms with Gasteiger partial charge in [0.2, 0.25) is 0 Å². The second kappa shape index (κ2) is 6.54. The fourth-order valence-corrected chi connectivity index (χ4v) is 3.73. The first-order valence-corrected chi connectivity index (χ1v) is 9.21. The molecule has 2 aliphatic rings. The number of aryl methyl sites for hydroxylation is 1. The average Bonchev–Trinajstić information content (AvgIpc) is 3.32. The minimum absolute atomic E-state index is 0.0582. The molecular weight excluding hydrogens is 314 g/mol. The number of aromatic nitrogens is 2. The van der Waals surface area contributed by atoms with E-state index in [-0.39, 0.29) is 11.7 Å². The van der Waals surface area contributed by atoms with Gasteiger partial charge in [-0.05, 0) is 62.3 Å². The van der Waals surface area contributed by atoms with E-state index < -0.39 is 0 Å². The largest absolute Gasteiger partial charge is 0.508 e. The van der Waals surface area contributed by atoms with Gasteiger partial charge in [0.1, 0.15) is 11.6 Å². The van der Waals surface area contributed by atoms with Crippen molar-refractivity contribution in [3.05, 3.63) is 47.5 Å². The van der Waals surface area contributed by atoms with E-state index in [1.807, 2.05) is 18.0 Å². The molecule has 5 heteroatoms. The minimum atomic E-state index is 0.0582. The van der Waals surface area contributed by atoms with Crippen molar-refractivity contribution in [3.8, 4) is 5.75 Å². The molecule has 1 aliphatic heterocycles. The maximum atomic E-state index is 12.7. The van der Waals surface area contributed by atoms with Crippen LogP contribution in [0.1, 0.15) is 53.3 Å². The zero-order chi connectivity index (χ0) is 17.4. The fraction of sp³-hybridized carbons (Fsp3) is 0.500. The van der Waals surface area contributed by atoms with Crippen molar-refractivity contribution in [2.75, 3.05) is 13.1 Å². The van der Waals surface area contributed by atoms with Gasteiger partial charge in [-0.25, -0.2) is 4.98 Å². The Morgan fingerprint density at radius 1 is 1.24 bits per heavy atom. The third kappa shape index (κ3) is 3.41. The van der Waals surface area contributed by atoms with Crippen LogP contribution in [0.3, 0.4) is 0 Å². The van der Waals surface area contributed by atoms with E-state index >= 15 is 0 Å². The van der Waals surface area contributed by atoms with Gasteiger partial charge in [0.25, 0.3) is 5.91 Å².